The van der Waals surface area contributed by atoms with Crippen LogP contribution in [0, 0.1) is 0 Å². The molecule has 1 aliphatic rings. The van der Waals surface area contributed by atoms with E-state index in [1.54, 1.807) is 12.1 Å². The monoisotopic (exact) mass is 306 g/mol. The van der Waals surface area contributed by atoms with Crippen molar-refractivity contribution >= 4 is 23.4 Å². The lowest BCUT2D eigenvalue weighted by atomic mass is 10.1. The minimum Gasteiger partial charge on any atom is -0.492 e. The standard InChI is InChI=1S/C16H15ClO2S/c17-13-5-6-15(12(7-13)9-18)19-10-14-8-11-3-1-2-4-16(11)20-14/h1-7,14,18H,8-10H2. The van der Waals surface area contributed by atoms with Gasteiger partial charge in [0.15, 0.2) is 0 Å². The lowest BCUT2D eigenvalue weighted by Crippen LogP contribution is -2.14. The number of thioether (sulfide) groups is 1. The van der Waals surface area contributed by atoms with Gasteiger partial charge in [0.05, 0.1) is 6.61 Å². The summed E-state index contributed by atoms with van der Waals surface area (Å²) in [7, 11) is 0. The highest BCUT2D eigenvalue weighted by Gasteiger charge is 2.22. The van der Waals surface area contributed by atoms with Gasteiger partial charge in [-0.25, -0.2) is 0 Å². The van der Waals surface area contributed by atoms with E-state index < -0.39 is 0 Å². The van der Waals surface area contributed by atoms with Crippen LogP contribution in [0.15, 0.2) is 47.4 Å². The number of rotatable bonds is 4. The van der Waals surface area contributed by atoms with Crippen LogP contribution in [0.4, 0.5) is 0 Å². The molecule has 0 amide bonds. The molecule has 3 rings (SSSR count). The first-order valence-corrected chi connectivity index (χ1v) is 7.78. The predicted octanol–water partition coefficient (Wildman–Crippen LogP) is 3.93. The highest BCUT2D eigenvalue weighted by molar-refractivity contribution is 8.00. The summed E-state index contributed by atoms with van der Waals surface area (Å²) >= 11 is 7.77. The van der Waals surface area contributed by atoms with Crippen molar-refractivity contribution in [2.24, 2.45) is 0 Å². The van der Waals surface area contributed by atoms with E-state index in [2.05, 4.69) is 24.3 Å². The van der Waals surface area contributed by atoms with Gasteiger partial charge < -0.3 is 9.84 Å². The second-order valence-electron chi connectivity index (χ2n) is 4.77. The topological polar surface area (TPSA) is 29.5 Å². The Hall–Kier alpha value is -1.16. The summed E-state index contributed by atoms with van der Waals surface area (Å²) in [4.78, 5) is 1.35. The Morgan fingerprint density at radius 3 is 2.90 bits per heavy atom. The van der Waals surface area contributed by atoms with Gasteiger partial charge in [0.2, 0.25) is 0 Å². The van der Waals surface area contributed by atoms with Crippen molar-refractivity contribution in [1.29, 1.82) is 0 Å². The zero-order valence-electron chi connectivity index (χ0n) is 10.9. The van der Waals surface area contributed by atoms with E-state index in [0.29, 0.717) is 22.6 Å². The van der Waals surface area contributed by atoms with Crippen molar-refractivity contribution in [3.63, 3.8) is 0 Å². The number of fused-ring (bicyclic) bond motifs is 1. The summed E-state index contributed by atoms with van der Waals surface area (Å²) in [6, 6.07) is 13.8. The van der Waals surface area contributed by atoms with Crippen LogP contribution in [-0.4, -0.2) is 17.0 Å². The van der Waals surface area contributed by atoms with Crippen LogP contribution in [0.25, 0.3) is 0 Å². The number of hydrogen-bond acceptors (Lipinski definition) is 3. The van der Waals surface area contributed by atoms with Crippen molar-refractivity contribution in [3.8, 4) is 5.75 Å². The lowest BCUT2D eigenvalue weighted by molar-refractivity contribution is 0.263. The number of ether oxygens (including phenoxy) is 1. The molecule has 1 heterocycles. The van der Waals surface area contributed by atoms with E-state index in [4.69, 9.17) is 16.3 Å². The molecule has 1 N–H and O–H groups in total. The number of hydrogen-bond donors (Lipinski definition) is 1. The maximum Gasteiger partial charge on any atom is 0.124 e. The van der Waals surface area contributed by atoms with Crippen molar-refractivity contribution in [1.82, 2.24) is 0 Å². The second kappa shape index (κ2) is 6.08. The van der Waals surface area contributed by atoms with Gasteiger partial charge in [-0.15, -0.1) is 11.8 Å². The molecule has 4 heteroatoms. The molecule has 2 aromatic rings. The highest BCUT2D eigenvalue weighted by Crippen LogP contribution is 2.37. The Morgan fingerprint density at radius 2 is 2.10 bits per heavy atom. The smallest absolute Gasteiger partial charge is 0.124 e. The van der Waals surface area contributed by atoms with Crippen LogP contribution < -0.4 is 4.74 Å². The van der Waals surface area contributed by atoms with Gasteiger partial charge in [0, 0.05) is 20.7 Å². The average molecular weight is 307 g/mol. The molecule has 0 saturated carbocycles. The summed E-state index contributed by atoms with van der Waals surface area (Å²) in [5.74, 6) is 0.716. The molecule has 1 atom stereocenters. The number of aliphatic hydroxyl groups is 1. The molecule has 104 valence electrons. The van der Waals surface area contributed by atoms with Gasteiger partial charge in [0.25, 0.3) is 0 Å². The fraction of sp³-hybridized carbons (Fsp3) is 0.250. The summed E-state index contributed by atoms with van der Waals surface area (Å²) < 4.78 is 5.86. The maximum absolute atomic E-state index is 9.33. The van der Waals surface area contributed by atoms with Gasteiger partial charge in [-0.05, 0) is 36.2 Å². The molecule has 0 spiro atoms. The van der Waals surface area contributed by atoms with Crippen LogP contribution in [0.1, 0.15) is 11.1 Å². The van der Waals surface area contributed by atoms with Crippen molar-refractivity contribution < 1.29 is 9.84 Å². The van der Waals surface area contributed by atoms with Gasteiger partial charge in [0.1, 0.15) is 12.4 Å². The second-order valence-corrected chi connectivity index (χ2v) is 6.55. The number of aliphatic hydroxyl groups excluding tert-OH is 1. The van der Waals surface area contributed by atoms with Crippen LogP contribution in [0.2, 0.25) is 5.02 Å². The number of halogens is 1. The molecule has 1 aliphatic heterocycles. The Balaban J connectivity index is 1.64. The Bertz CT molecular complexity index is 590. The van der Waals surface area contributed by atoms with Crippen molar-refractivity contribution in [2.75, 3.05) is 6.61 Å². The summed E-state index contributed by atoms with van der Waals surface area (Å²) in [6.07, 6.45) is 1.03. The minimum absolute atomic E-state index is 0.0616. The van der Waals surface area contributed by atoms with E-state index in [1.165, 1.54) is 10.5 Å². The summed E-state index contributed by atoms with van der Waals surface area (Å²) in [6.45, 7) is 0.571. The fourth-order valence-corrected chi connectivity index (χ4v) is 3.75. The number of benzene rings is 2. The third-order valence-electron chi connectivity index (χ3n) is 3.33. The van der Waals surface area contributed by atoms with Crippen LogP contribution >= 0.6 is 23.4 Å². The van der Waals surface area contributed by atoms with Gasteiger partial charge in [-0.2, -0.15) is 0 Å². The van der Waals surface area contributed by atoms with Gasteiger partial charge in [-0.3, -0.25) is 0 Å². The maximum atomic E-state index is 9.33. The first-order chi connectivity index (χ1) is 9.76. The molecule has 0 aromatic heterocycles. The Morgan fingerprint density at radius 1 is 1.25 bits per heavy atom. The lowest BCUT2D eigenvalue weighted by Gasteiger charge is -2.13. The zero-order chi connectivity index (χ0) is 13.9. The van der Waals surface area contributed by atoms with E-state index in [1.807, 2.05) is 17.8 Å². The Labute approximate surface area is 127 Å². The van der Waals surface area contributed by atoms with Crippen LogP contribution in [0.5, 0.6) is 5.75 Å². The van der Waals surface area contributed by atoms with Crippen molar-refractivity contribution in [2.45, 2.75) is 23.2 Å². The largest absolute Gasteiger partial charge is 0.492 e. The molecule has 0 bridgehead atoms. The average Bonchev–Trinajstić information content (AvgIpc) is 2.88. The fourth-order valence-electron chi connectivity index (χ4n) is 2.34. The van der Waals surface area contributed by atoms with Gasteiger partial charge in [-0.1, -0.05) is 29.8 Å². The SMILES string of the molecule is OCc1cc(Cl)ccc1OCC1Cc2ccccc2S1. The first-order valence-electron chi connectivity index (χ1n) is 6.53. The molecule has 2 aromatic carbocycles. The molecule has 0 fully saturated rings. The third-order valence-corrected chi connectivity index (χ3v) is 4.85. The molecule has 2 nitrogen and oxygen atoms in total. The molecule has 0 radical (unpaired) electrons. The Kier molecular flexibility index (Phi) is 4.20. The highest BCUT2D eigenvalue weighted by atomic mass is 35.5. The molecular weight excluding hydrogens is 292 g/mol. The molecule has 20 heavy (non-hydrogen) atoms. The normalized spacial score (nSPS) is 17.0. The van der Waals surface area contributed by atoms with E-state index in [0.717, 1.165) is 12.0 Å². The molecule has 0 aliphatic carbocycles. The molecular formula is C16H15ClO2S. The predicted molar refractivity (Wildman–Crippen MR) is 82.7 cm³/mol. The molecule has 1 unspecified atom stereocenters. The van der Waals surface area contributed by atoms with E-state index in [-0.39, 0.29) is 6.61 Å². The van der Waals surface area contributed by atoms with E-state index in [9.17, 15) is 5.11 Å². The first kappa shape index (κ1) is 13.8. The summed E-state index contributed by atoms with van der Waals surface area (Å²) in [5.41, 5.74) is 2.13. The summed E-state index contributed by atoms with van der Waals surface area (Å²) in [5, 5.41) is 10.4. The zero-order valence-corrected chi connectivity index (χ0v) is 12.5. The van der Waals surface area contributed by atoms with Crippen molar-refractivity contribution in [3.05, 3.63) is 58.6 Å². The minimum atomic E-state index is -0.0616. The van der Waals surface area contributed by atoms with E-state index >= 15 is 0 Å². The van der Waals surface area contributed by atoms with Gasteiger partial charge >= 0.3 is 0 Å². The van der Waals surface area contributed by atoms with Crippen LogP contribution in [-0.2, 0) is 13.0 Å². The molecule has 0 saturated heterocycles. The van der Waals surface area contributed by atoms with Crippen LogP contribution in [0.3, 0.4) is 0 Å². The third kappa shape index (κ3) is 2.95. The quantitative estimate of drug-likeness (QED) is 0.928.